The first-order valence-corrected chi connectivity index (χ1v) is 10.9. The lowest BCUT2D eigenvalue weighted by Gasteiger charge is -2.20. The summed E-state index contributed by atoms with van der Waals surface area (Å²) in [6, 6.07) is 10.4. The Morgan fingerprint density at radius 2 is 1.70 bits per heavy atom. The molecule has 0 aromatic heterocycles. The third-order valence-electron chi connectivity index (χ3n) is 4.10. The van der Waals surface area contributed by atoms with E-state index in [4.69, 9.17) is 0 Å². The number of aliphatic imine (C=N–C) groups is 1. The van der Waals surface area contributed by atoms with Crippen molar-refractivity contribution in [2.45, 2.75) is 19.3 Å². The second kappa shape index (κ2) is 14.2. The van der Waals surface area contributed by atoms with Crippen molar-refractivity contribution in [1.29, 1.82) is 0 Å². The molecule has 7 heteroatoms. The molecule has 0 bridgehead atoms. The van der Waals surface area contributed by atoms with Crippen LogP contribution in [0.25, 0.3) is 0 Å². The minimum atomic E-state index is 0.00212. The van der Waals surface area contributed by atoms with Crippen molar-refractivity contribution in [2.75, 3.05) is 64.2 Å². The van der Waals surface area contributed by atoms with Gasteiger partial charge in [-0.25, -0.2) is 4.99 Å². The molecule has 0 saturated carbocycles. The topological polar surface area (TPSA) is 60.0 Å². The fourth-order valence-electron chi connectivity index (χ4n) is 2.38. The zero-order chi connectivity index (χ0) is 19.9. The van der Waals surface area contributed by atoms with E-state index < -0.39 is 0 Å². The Bertz CT molecular complexity index is 551. The molecule has 0 heterocycles. The van der Waals surface area contributed by atoms with E-state index in [9.17, 15) is 4.79 Å². The van der Waals surface area contributed by atoms with Gasteiger partial charge in [-0.05, 0) is 43.4 Å². The number of thioether (sulfide) groups is 1. The molecule has 152 valence electrons. The molecule has 1 aromatic rings. The monoisotopic (exact) mass is 393 g/mol. The van der Waals surface area contributed by atoms with E-state index in [1.54, 1.807) is 19.0 Å². The second-order valence-electron chi connectivity index (χ2n) is 6.62. The first kappa shape index (κ1) is 23.1. The zero-order valence-corrected chi connectivity index (χ0v) is 18.0. The number of unbranched alkanes of at least 4 members (excludes halogenated alkanes) is 1. The van der Waals surface area contributed by atoms with E-state index in [0.29, 0.717) is 0 Å². The van der Waals surface area contributed by atoms with Gasteiger partial charge in [-0.1, -0.05) is 18.2 Å². The first-order valence-electron chi connectivity index (χ1n) is 9.52. The number of benzene rings is 1. The van der Waals surface area contributed by atoms with Crippen LogP contribution in [-0.4, -0.2) is 76.1 Å². The molecule has 1 amide bonds. The highest BCUT2D eigenvalue weighted by Gasteiger charge is 2.05. The summed E-state index contributed by atoms with van der Waals surface area (Å²) in [4.78, 5) is 20.0. The number of guanidine groups is 1. The first-order chi connectivity index (χ1) is 13.0. The molecule has 27 heavy (non-hydrogen) atoms. The van der Waals surface area contributed by atoms with Crippen LogP contribution in [0.15, 0.2) is 35.3 Å². The van der Waals surface area contributed by atoms with Gasteiger partial charge in [0, 0.05) is 46.5 Å². The van der Waals surface area contributed by atoms with E-state index in [1.807, 2.05) is 17.8 Å². The molecule has 0 aliphatic heterocycles. The minimum absolute atomic E-state index is 0.00212. The molecule has 1 aromatic carbocycles. The number of hydrogen-bond donors (Lipinski definition) is 2. The maximum atomic E-state index is 11.8. The number of para-hydroxylation sites is 1. The van der Waals surface area contributed by atoms with E-state index in [2.05, 4.69) is 58.1 Å². The van der Waals surface area contributed by atoms with E-state index in [0.717, 1.165) is 38.4 Å². The summed E-state index contributed by atoms with van der Waals surface area (Å²) in [7, 11) is 5.60. The molecular weight excluding hydrogens is 358 g/mol. The van der Waals surface area contributed by atoms with Gasteiger partial charge in [0.2, 0.25) is 5.91 Å². The van der Waals surface area contributed by atoms with Crippen LogP contribution in [0.1, 0.15) is 19.3 Å². The van der Waals surface area contributed by atoms with Gasteiger partial charge in [0.15, 0.2) is 5.96 Å². The number of hydrogen-bond acceptors (Lipinski definition) is 4. The van der Waals surface area contributed by atoms with Crippen molar-refractivity contribution < 1.29 is 4.79 Å². The van der Waals surface area contributed by atoms with Crippen molar-refractivity contribution in [2.24, 2.45) is 4.99 Å². The Morgan fingerprint density at radius 1 is 1.04 bits per heavy atom. The third kappa shape index (κ3) is 10.8. The van der Waals surface area contributed by atoms with Gasteiger partial charge in [0.25, 0.3) is 0 Å². The fourth-order valence-corrected chi connectivity index (χ4v) is 2.87. The summed E-state index contributed by atoms with van der Waals surface area (Å²) >= 11 is 1.87. The van der Waals surface area contributed by atoms with Crippen LogP contribution in [0.3, 0.4) is 0 Å². The lowest BCUT2D eigenvalue weighted by Crippen LogP contribution is -2.40. The fraction of sp³-hybridized carbons (Fsp3) is 0.600. The highest BCUT2D eigenvalue weighted by molar-refractivity contribution is 7.98. The standard InChI is InChI=1S/C20H35N5OS/c1-24(2)19(26)17-23-20(21-13-8-9-16-27-4)22-14-10-15-25(3)18-11-6-5-7-12-18/h5-7,11-12H,8-10,13-17H2,1-4H3,(H2,21,22,23). The van der Waals surface area contributed by atoms with Gasteiger partial charge < -0.3 is 20.4 Å². The Balaban J connectivity index is 2.40. The van der Waals surface area contributed by atoms with Crippen LogP contribution in [0, 0.1) is 0 Å². The van der Waals surface area contributed by atoms with Gasteiger partial charge in [-0.3, -0.25) is 4.79 Å². The van der Waals surface area contributed by atoms with E-state index in [-0.39, 0.29) is 12.5 Å². The van der Waals surface area contributed by atoms with E-state index in [1.165, 1.54) is 17.9 Å². The summed E-state index contributed by atoms with van der Waals surface area (Å²) in [6.45, 7) is 2.79. The molecular formula is C20H35N5OS. The van der Waals surface area contributed by atoms with Gasteiger partial charge in [0.1, 0.15) is 6.54 Å². The number of nitrogens with one attached hydrogen (secondary N) is 2. The van der Waals surface area contributed by atoms with Gasteiger partial charge >= 0.3 is 0 Å². The van der Waals surface area contributed by atoms with Crippen LogP contribution in [-0.2, 0) is 4.79 Å². The molecule has 6 nitrogen and oxygen atoms in total. The Hall–Kier alpha value is -1.89. The number of carbonyl (C=O) groups excluding carboxylic acids is 1. The molecule has 0 radical (unpaired) electrons. The third-order valence-corrected chi connectivity index (χ3v) is 4.80. The average molecular weight is 394 g/mol. The molecule has 0 saturated heterocycles. The Kier molecular flexibility index (Phi) is 12.2. The van der Waals surface area contributed by atoms with Crippen molar-refractivity contribution in [3.05, 3.63) is 30.3 Å². The smallest absolute Gasteiger partial charge is 0.243 e. The Morgan fingerprint density at radius 3 is 2.33 bits per heavy atom. The number of rotatable bonds is 12. The van der Waals surface area contributed by atoms with Crippen molar-refractivity contribution in [3.63, 3.8) is 0 Å². The molecule has 0 aliphatic carbocycles. The predicted molar refractivity (Wildman–Crippen MR) is 119 cm³/mol. The zero-order valence-electron chi connectivity index (χ0n) is 17.2. The molecule has 0 unspecified atom stereocenters. The second-order valence-corrected chi connectivity index (χ2v) is 7.60. The molecule has 0 aliphatic rings. The molecule has 1 rings (SSSR count). The maximum absolute atomic E-state index is 11.8. The molecule has 0 atom stereocenters. The quantitative estimate of drug-likeness (QED) is 0.324. The van der Waals surface area contributed by atoms with Crippen molar-refractivity contribution in [1.82, 2.24) is 15.5 Å². The minimum Gasteiger partial charge on any atom is -0.375 e. The van der Waals surface area contributed by atoms with Crippen molar-refractivity contribution in [3.8, 4) is 0 Å². The SMILES string of the molecule is CSCCCCNC(=NCC(=O)N(C)C)NCCCN(C)c1ccccc1. The number of nitrogens with zero attached hydrogens (tertiary/aromatic N) is 3. The van der Waals surface area contributed by atoms with Gasteiger partial charge in [0.05, 0.1) is 0 Å². The summed E-state index contributed by atoms with van der Waals surface area (Å²) < 4.78 is 0. The number of anilines is 1. The van der Waals surface area contributed by atoms with Gasteiger partial charge in [-0.15, -0.1) is 0 Å². The van der Waals surface area contributed by atoms with Crippen LogP contribution in [0.4, 0.5) is 5.69 Å². The average Bonchev–Trinajstić information content (AvgIpc) is 2.68. The lowest BCUT2D eigenvalue weighted by atomic mass is 10.3. The largest absolute Gasteiger partial charge is 0.375 e. The van der Waals surface area contributed by atoms with Crippen LogP contribution < -0.4 is 15.5 Å². The molecule has 0 spiro atoms. The lowest BCUT2D eigenvalue weighted by molar-refractivity contribution is -0.127. The van der Waals surface area contributed by atoms with E-state index >= 15 is 0 Å². The molecule has 2 N–H and O–H groups in total. The highest BCUT2D eigenvalue weighted by atomic mass is 32.2. The Labute approximate surface area is 168 Å². The van der Waals surface area contributed by atoms with Gasteiger partial charge in [-0.2, -0.15) is 11.8 Å². The van der Waals surface area contributed by atoms with Crippen LogP contribution in [0.2, 0.25) is 0 Å². The number of likely N-dealkylation sites (N-methyl/N-ethyl adjacent to an activating group) is 1. The summed E-state index contributed by atoms with van der Waals surface area (Å²) in [5, 5.41) is 6.69. The summed E-state index contributed by atoms with van der Waals surface area (Å²) in [5.74, 6) is 1.89. The normalized spacial score (nSPS) is 11.2. The molecule has 0 fully saturated rings. The number of carbonyl (C=O) groups is 1. The summed E-state index contributed by atoms with van der Waals surface area (Å²) in [5.41, 5.74) is 1.22. The summed E-state index contributed by atoms with van der Waals surface area (Å²) in [6.07, 6.45) is 5.39. The maximum Gasteiger partial charge on any atom is 0.243 e. The number of amides is 1. The predicted octanol–water partition coefficient (Wildman–Crippen LogP) is 2.28. The van der Waals surface area contributed by atoms with Crippen molar-refractivity contribution >= 4 is 29.3 Å². The highest BCUT2D eigenvalue weighted by Crippen LogP contribution is 2.10. The van der Waals surface area contributed by atoms with Crippen LogP contribution >= 0.6 is 11.8 Å². The van der Waals surface area contributed by atoms with Crippen LogP contribution in [0.5, 0.6) is 0 Å².